The van der Waals surface area contributed by atoms with E-state index in [1.54, 1.807) is 12.4 Å². The Morgan fingerprint density at radius 3 is 2.62 bits per heavy atom. The maximum absolute atomic E-state index is 5.81. The lowest BCUT2D eigenvalue weighted by molar-refractivity contribution is 0.787. The molecule has 0 aliphatic carbocycles. The summed E-state index contributed by atoms with van der Waals surface area (Å²) in [7, 11) is 1.92. The number of nitrogens with zero attached hydrogens (tertiary/aromatic N) is 4. The zero-order chi connectivity index (χ0) is 11.7. The summed E-state index contributed by atoms with van der Waals surface area (Å²) in [6.07, 6.45) is 5.37. The SMILES string of the molecule is Cc1nc(-c2nccn2C)ncc1[C@@H](C)N. The zero-order valence-electron chi connectivity index (χ0n) is 9.68. The van der Waals surface area contributed by atoms with Crippen LogP contribution in [-0.4, -0.2) is 19.5 Å². The van der Waals surface area contributed by atoms with E-state index in [-0.39, 0.29) is 6.04 Å². The topological polar surface area (TPSA) is 69.6 Å². The van der Waals surface area contributed by atoms with Gasteiger partial charge in [0.1, 0.15) is 0 Å². The monoisotopic (exact) mass is 217 g/mol. The minimum Gasteiger partial charge on any atom is -0.331 e. The van der Waals surface area contributed by atoms with Crippen molar-refractivity contribution < 1.29 is 0 Å². The first kappa shape index (κ1) is 10.8. The highest BCUT2D eigenvalue weighted by Crippen LogP contribution is 2.16. The Bertz CT molecular complexity index is 501. The van der Waals surface area contributed by atoms with E-state index in [0.29, 0.717) is 5.82 Å². The van der Waals surface area contributed by atoms with E-state index in [1.807, 2.05) is 31.7 Å². The smallest absolute Gasteiger partial charge is 0.196 e. The van der Waals surface area contributed by atoms with Crippen LogP contribution in [-0.2, 0) is 7.05 Å². The molecular weight excluding hydrogens is 202 g/mol. The van der Waals surface area contributed by atoms with Gasteiger partial charge in [0.05, 0.1) is 0 Å². The maximum Gasteiger partial charge on any atom is 0.196 e. The lowest BCUT2D eigenvalue weighted by Crippen LogP contribution is -2.10. The highest BCUT2D eigenvalue weighted by Gasteiger charge is 2.10. The molecule has 0 saturated carbocycles. The van der Waals surface area contributed by atoms with E-state index in [9.17, 15) is 0 Å². The normalized spacial score (nSPS) is 12.8. The molecule has 0 radical (unpaired) electrons. The van der Waals surface area contributed by atoms with Crippen LogP contribution in [0.5, 0.6) is 0 Å². The highest BCUT2D eigenvalue weighted by molar-refractivity contribution is 5.44. The fourth-order valence-corrected chi connectivity index (χ4v) is 1.61. The first-order valence-electron chi connectivity index (χ1n) is 5.16. The van der Waals surface area contributed by atoms with Gasteiger partial charge in [-0.25, -0.2) is 15.0 Å². The number of hydrogen-bond acceptors (Lipinski definition) is 4. The molecule has 84 valence electrons. The first-order valence-corrected chi connectivity index (χ1v) is 5.16. The highest BCUT2D eigenvalue weighted by atomic mass is 15.1. The van der Waals surface area contributed by atoms with Gasteiger partial charge >= 0.3 is 0 Å². The van der Waals surface area contributed by atoms with Gasteiger partial charge in [0, 0.05) is 42.9 Å². The van der Waals surface area contributed by atoms with Crippen LogP contribution in [0.2, 0.25) is 0 Å². The molecule has 5 nitrogen and oxygen atoms in total. The summed E-state index contributed by atoms with van der Waals surface area (Å²) in [5.74, 6) is 1.40. The van der Waals surface area contributed by atoms with Crippen LogP contribution >= 0.6 is 0 Å². The zero-order valence-corrected chi connectivity index (χ0v) is 9.68. The molecule has 0 spiro atoms. The van der Waals surface area contributed by atoms with Gasteiger partial charge in [-0.1, -0.05) is 0 Å². The van der Waals surface area contributed by atoms with Gasteiger partial charge in [0.2, 0.25) is 0 Å². The Kier molecular flexibility index (Phi) is 2.70. The van der Waals surface area contributed by atoms with Crippen LogP contribution in [0.3, 0.4) is 0 Å². The number of aryl methyl sites for hydroxylation is 2. The number of nitrogens with two attached hydrogens (primary N) is 1. The number of aromatic nitrogens is 4. The lowest BCUT2D eigenvalue weighted by Gasteiger charge is -2.09. The number of hydrogen-bond donors (Lipinski definition) is 1. The minimum atomic E-state index is -0.0459. The van der Waals surface area contributed by atoms with E-state index in [0.717, 1.165) is 17.1 Å². The Hall–Kier alpha value is -1.75. The van der Waals surface area contributed by atoms with E-state index in [2.05, 4.69) is 15.0 Å². The molecule has 0 amide bonds. The molecule has 0 saturated heterocycles. The predicted octanol–water partition coefficient (Wildman–Crippen LogP) is 1.21. The van der Waals surface area contributed by atoms with Crippen molar-refractivity contribution >= 4 is 0 Å². The Labute approximate surface area is 94.4 Å². The minimum absolute atomic E-state index is 0.0459. The van der Waals surface area contributed by atoms with E-state index in [4.69, 9.17) is 5.73 Å². The summed E-state index contributed by atoms with van der Waals surface area (Å²) in [5, 5.41) is 0. The van der Waals surface area contributed by atoms with Crippen molar-refractivity contribution in [2.24, 2.45) is 12.8 Å². The van der Waals surface area contributed by atoms with Crippen LogP contribution in [0.1, 0.15) is 24.2 Å². The quantitative estimate of drug-likeness (QED) is 0.820. The summed E-state index contributed by atoms with van der Waals surface area (Å²) in [4.78, 5) is 12.9. The molecule has 0 bridgehead atoms. The van der Waals surface area contributed by atoms with Crippen LogP contribution < -0.4 is 5.73 Å². The molecular formula is C11H15N5. The van der Waals surface area contributed by atoms with E-state index in [1.165, 1.54) is 0 Å². The van der Waals surface area contributed by atoms with Crippen LogP contribution in [0.4, 0.5) is 0 Å². The molecule has 2 heterocycles. The van der Waals surface area contributed by atoms with Gasteiger partial charge in [-0.15, -0.1) is 0 Å². The molecule has 1 atom stereocenters. The maximum atomic E-state index is 5.81. The van der Waals surface area contributed by atoms with Crippen LogP contribution in [0.25, 0.3) is 11.6 Å². The van der Waals surface area contributed by atoms with Crippen molar-refractivity contribution in [2.45, 2.75) is 19.9 Å². The number of rotatable bonds is 2. The fourth-order valence-electron chi connectivity index (χ4n) is 1.61. The van der Waals surface area contributed by atoms with Crippen molar-refractivity contribution in [3.8, 4) is 11.6 Å². The second kappa shape index (κ2) is 4.02. The summed E-state index contributed by atoms with van der Waals surface area (Å²) >= 11 is 0. The molecule has 0 aliphatic rings. The third kappa shape index (κ3) is 1.81. The summed E-state index contributed by atoms with van der Waals surface area (Å²) in [6, 6.07) is -0.0459. The Morgan fingerprint density at radius 2 is 2.12 bits per heavy atom. The summed E-state index contributed by atoms with van der Waals surface area (Å²) < 4.78 is 1.89. The van der Waals surface area contributed by atoms with Crippen molar-refractivity contribution in [1.82, 2.24) is 19.5 Å². The van der Waals surface area contributed by atoms with E-state index >= 15 is 0 Å². The van der Waals surface area contributed by atoms with Crippen molar-refractivity contribution in [1.29, 1.82) is 0 Å². The molecule has 5 heteroatoms. The first-order chi connectivity index (χ1) is 7.59. The molecule has 0 unspecified atom stereocenters. The van der Waals surface area contributed by atoms with Gasteiger partial charge < -0.3 is 10.3 Å². The van der Waals surface area contributed by atoms with Crippen molar-refractivity contribution in [3.05, 3.63) is 29.8 Å². The standard InChI is InChI=1S/C11H15N5/c1-7(12)9-6-14-10(15-8(9)2)11-13-4-5-16(11)3/h4-7H,12H2,1-3H3/t7-/m1/s1. The van der Waals surface area contributed by atoms with Gasteiger partial charge in [-0.3, -0.25) is 0 Å². The summed E-state index contributed by atoms with van der Waals surface area (Å²) in [5.41, 5.74) is 7.69. The largest absolute Gasteiger partial charge is 0.331 e. The third-order valence-corrected chi connectivity index (χ3v) is 2.53. The van der Waals surface area contributed by atoms with Gasteiger partial charge in [0.25, 0.3) is 0 Å². The Balaban J connectivity index is 2.46. The van der Waals surface area contributed by atoms with Crippen molar-refractivity contribution in [3.63, 3.8) is 0 Å². The fraction of sp³-hybridized carbons (Fsp3) is 0.364. The molecule has 2 aromatic rings. The third-order valence-electron chi connectivity index (χ3n) is 2.53. The van der Waals surface area contributed by atoms with Gasteiger partial charge in [-0.2, -0.15) is 0 Å². The molecule has 0 aromatic carbocycles. The summed E-state index contributed by atoms with van der Waals surface area (Å²) in [6.45, 7) is 3.86. The second-order valence-electron chi connectivity index (χ2n) is 3.88. The predicted molar refractivity (Wildman–Crippen MR) is 61.6 cm³/mol. The van der Waals surface area contributed by atoms with E-state index < -0.39 is 0 Å². The van der Waals surface area contributed by atoms with Crippen LogP contribution in [0.15, 0.2) is 18.6 Å². The molecule has 2 aromatic heterocycles. The molecule has 16 heavy (non-hydrogen) atoms. The molecule has 0 aliphatic heterocycles. The van der Waals surface area contributed by atoms with Gasteiger partial charge in [-0.05, 0) is 13.8 Å². The molecule has 2 rings (SSSR count). The average Bonchev–Trinajstić information content (AvgIpc) is 2.63. The average molecular weight is 217 g/mol. The van der Waals surface area contributed by atoms with Crippen molar-refractivity contribution in [2.75, 3.05) is 0 Å². The molecule has 2 N–H and O–H groups in total. The van der Waals surface area contributed by atoms with Crippen LogP contribution in [0, 0.1) is 6.92 Å². The second-order valence-corrected chi connectivity index (χ2v) is 3.88. The van der Waals surface area contributed by atoms with Gasteiger partial charge in [0.15, 0.2) is 11.6 Å². The Morgan fingerprint density at radius 1 is 1.38 bits per heavy atom. The lowest BCUT2D eigenvalue weighted by atomic mass is 10.1. The number of imidazole rings is 1. The molecule has 0 fully saturated rings.